The van der Waals surface area contributed by atoms with Gasteiger partial charge in [0.2, 0.25) is 5.91 Å². The van der Waals surface area contributed by atoms with Gasteiger partial charge in [0.15, 0.2) is 0 Å². The van der Waals surface area contributed by atoms with Crippen molar-refractivity contribution in [2.45, 2.75) is 6.42 Å². The molecular formula is C19H21N3O3. The van der Waals surface area contributed by atoms with E-state index in [1.165, 1.54) is 5.01 Å². The molecule has 0 radical (unpaired) electrons. The third-order valence-electron chi connectivity index (χ3n) is 4.83. The summed E-state index contributed by atoms with van der Waals surface area (Å²) in [5.41, 5.74) is 4.47. The van der Waals surface area contributed by atoms with Crippen molar-refractivity contribution in [3.63, 3.8) is 0 Å². The Morgan fingerprint density at radius 3 is 2.68 bits per heavy atom. The Labute approximate surface area is 146 Å². The van der Waals surface area contributed by atoms with Gasteiger partial charge in [-0.3, -0.25) is 14.5 Å². The third kappa shape index (κ3) is 3.16. The number of nitrogens with zero attached hydrogens (tertiary/aromatic N) is 2. The van der Waals surface area contributed by atoms with E-state index in [0.717, 1.165) is 49.2 Å². The van der Waals surface area contributed by atoms with Crippen LogP contribution in [0.15, 0.2) is 36.4 Å². The SMILES string of the molecule is O=C1Cc2ccc3ccccc3c2C(=O)N1NCCN1CCOCC1. The van der Waals surface area contributed by atoms with Gasteiger partial charge in [-0.15, -0.1) is 0 Å². The van der Waals surface area contributed by atoms with Crippen LogP contribution in [-0.2, 0) is 16.0 Å². The number of benzene rings is 2. The molecule has 2 aromatic rings. The molecule has 2 heterocycles. The number of carbonyl (C=O) groups is 2. The summed E-state index contributed by atoms with van der Waals surface area (Å²) in [5.74, 6) is -0.459. The number of hydrazine groups is 1. The van der Waals surface area contributed by atoms with Crippen LogP contribution in [0.5, 0.6) is 0 Å². The molecule has 0 bridgehead atoms. The van der Waals surface area contributed by atoms with Crippen LogP contribution in [0.25, 0.3) is 10.8 Å². The van der Waals surface area contributed by atoms with Gasteiger partial charge in [-0.25, -0.2) is 10.4 Å². The highest BCUT2D eigenvalue weighted by Crippen LogP contribution is 2.27. The molecule has 2 aromatic carbocycles. The van der Waals surface area contributed by atoms with Crippen LogP contribution >= 0.6 is 0 Å². The Morgan fingerprint density at radius 1 is 1.04 bits per heavy atom. The Kier molecular flexibility index (Phi) is 4.48. The first-order valence-electron chi connectivity index (χ1n) is 8.65. The van der Waals surface area contributed by atoms with Crippen LogP contribution in [0, 0.1) is 0 Å². The summed E-state index contributed by atoms with van der Waals surface area (Å²) in [6.07, 6.45) is 0.246. The molecule has 6 nitrogen and oxygen atoms in total. The zero-order chi connectivity index (χ0) is 17.2. The lowest BCUT2D eigenvalue weighted by molar-refractivity contribution is -0.131. The van der Waals surface area contributed by atoms with Crippen molar-refractivity contribution in [1.29, 1.82) is 0 Å². The first-order valence-corrected chi connectivity index (χ1v) is 8.65. The number of rotatable bonds is 4. The average molecular weight is 339 g/mol. The fraction of sp³-hybridized carbons (Fsp3) is 0.368. The lowest BCUT2D eigenvalue weighted by atomic mass is 9.93. The summed E-state index contributed by atoms with van der Waals surface area (Å²) in [6, 6.07) is 11.6. The van der Waals surface area contributed by atoms with Crippen molar-refractivity contribution in [2.24, 2.45) is 0 Å². The highest BCUT2D eigenvalue weighted by molar-refractivity contribution is 6.16. The molecule has 130 valence electrons. The molecule has 0 unspecified atom stereocenters. The van der Waals surface area contributed by atoms with Crippen LogP contribution in [-0.4, -0.2) is 61.1 Å². The van der Waals surface area contributed by atoms with Crippen LogP contribution < -0.4 is 5.43 Å². The van der Waals surface area contributed by atoms with Crippen molar-refractivity contribution >= 4 is 22.6 Å². The minimum atomic E-state index is -0.259. The van der Waals surface area contributed by atoms with Gasteiger partial charge in [0.1, 0.15) is 0 Å². The highest BCUT2D eigenvalue weighted by atomic mass is 16.5. The number of amides is 2. The Hall–Kier alpha value is -2.28. The number of hydrogen-bond acceptors (Lipinski definition) is 5. The first kappa shape index (κ1) is 16.2. The normalized spacial score (nSPS) is 18.6. The maximum absolute atomic E-state index is 12.9. The van der Waals surface area contributed by atoms with Gasteiger partial charge < -0.3 is 4.74 Å². The molecule has 1 saturated heterocycles. The topological polar surface area (TPSA) is 61.9 Å². The van der Waals surface area contributed by atoms with E-state index in [0.29, 0.717) is 12.1 Å². The fourth-order valence-electron chi connectivity index (χ4n) is 3.49. The van der Waals surface area contributed by atoms with Gasteiger partial charge >= 0.3 is 0 Å². The van der Waals surface area contributed by atoms with E-state index in [1.54, 1.807) is 0 Å². The highest BCUT2D eigenvalue weighted by Gasteiger charge is 2.32. The maximum Gasteiger partial charge on any atom is 0.275 e. The van der Waals surface area contributed by atoms with Crippen molar-refractivity contribution < 1.29 is 14.3 Å². The Balaban J connectivity index is 1.52. The minimum Gasteiger partial charge on any atom is -0.379 e. The number of fused-ring (bicyclic) bond motifs is 3. The molecule has 2 aliphatic rings. The molecule has 2 amide bonds. The van der Waals surface area contributed by atoms with E-state index in [-0.39, 0.29) is 18.2 Å². The van der Waals surface area contributed by atoms with Gasteiger partial charge in [-0.05, 0) is 16.3 Å². The third-order valence-corrected chi connectivity index (χ3v) is 4.83. The molecule has 0 aliphatic carbocycles. The number of morpholine rings is 1. The van der Waals surface area contributed by atoms with Gasteiger partial charge in [-0.2, -0.15) is 0 Å². The number of imide groups is 1. The van der Waals surface area contributed by atoms with Crippen LogP contribution in [0.3, 0.4) is 0 Å². The molecule has 0 atom stereocenters. The van der Waals surface area contributed by atoms with Gasteiger partial charge in [-0.1, -0.05) is 36.4 Å². The molecule has 1 fully saturated rings. The van der Waals surface area contributed by atoms with Crippen molar-refractivity contribution in [2.75, 3.05) is 39.4 Å². The van der Waals surface area contributed by atoms with Gasteiger partial charge in [0, 0.05) is 26.2 Å². The van der Waals surface area contributed by atoms with Gasteiger partial charge in [0.05, 0.1) is 25.2 Å². The molecule has 6 heteroatoms. The van der Waals surface area contributed by atoms with Crippen molar-refractivity contribution in [1.82, 2.24) is 15.3 Å². The smallest absolute Gasteiger partial charge is 0.275 e. The predicted molar refractivity (Wildman–Crippen MR) is 94.1 cm³/mol. The summed E-state index contributed by atoms with van der Waals surface area (Å²) < 4.78 is 5.33. The molecule has 0 spiro atoms. The second kappa shape index (κ2) is 6.92. The number of ether oxygens (including phenoxy) is 1. The van der Waals surface area contributed by atoms with E-state index in [1.807, 2.05) is 36.4 Å². The Morgan fingerprint density at radius 2 is 1.84 bits per heavy atom. The molecule has 1 N–H and O–H groups in total. The molecule has 0 aromatic heterocycles. The summed E-state index contributed by atoms with van der Waals surface area (Å²) in [6.45, 7) is 4.58. The second-order valence-electron chi connectivity index (χ2n) is 6.39. The van der Waals surface area contributed by atoms with E-state index in [4.69, 9.17) is 4.74 Å². The van der Waals surface area contributed by atoms with E-state index >= 15 is 0 Å². The average Bonchev–Trinajstić information content (AvgIpc) is 2.64. The quantitative estimate of drug-likeness (QED) is 0.848. The molecule has 4 rings (SSSR count). The molecular weight excluding hydrogens is 318 g/mol. The lowest BCUT2D eigenvalue weighted by Crippen LogP contribution is -2.53. The summed E-state index contributed by atoms with van der Waals surface area (Å²) in [4.78, 5) is 27.6. The van der Waals surface area contributed by atoms with E-state index in [9.17, 15) is 9.59 Å². The van der Waals surface area contributed by atoms with Gasteiger partial charge in [0.25, 0.3) is 5.91 Å². The van der Waals surface area contributed by atoms with Crippen LogP contribution in [0.1, 0.15) is 15.9 Å². The van der Waals surface area contributed by atoms with Crippen molar-refractivity contribution in [3.05, 3.63) is 47.5 Å². The number of hydrogen-bond donors (Lipinski definition) is 1. The monoisotopic (exact) mass is 339 g/mol. The fourth-order valence-corrected chi connectivity index (χ4v) is 3.49. The zero-order valence-corrected chi connectivity index (χ0v) is 14.0. The second-order valence-corrected chi connectivity index (χ2v) is 6.39. The molecule has 0 saturated carbocycles. The zero-order valence-electron chi connectivity index (χ0n) is 14.0. The minimum absolute atomic E-state index is 0.199. The van der Waals surface area contributed by atoms with Crippen molar-refractivity contribution in [3.8, 4) is 0 Å². The number of nitrogens with one attached hydrogen (secondary N) is 1. The molecule has 25 heavy (non-hydrogen) atoms. The summed E-state index contributed by atoms with van der Waals surface area (Å²) in [5, 5.41) is 3.10. The van der Waals surface area contributed by atoms with Crippen LogP contribution in [0.4, 0.5) is 0 Å². The van der Waals surface area contributed by atoms with E-state index < -0.39 is 0 Å². The van der Waals surface area contributed by atoms with Crippen LogP contribution in [0.2, 0.25) is 0 Å². The summed E-state index contributed by atoms with van der Waals surface area (Å²) in [7, 11) is 0. The predicted octanol–water partition coefficient (Wildman–Crippen LogP) is 1.20. The Bertz CT molecular complexity index is 815. The largest absolute Gasteiger partial charge is 0.379 e. The van der Waals surface area contributed by atoms with E-state index in [2.05, 4.69) is 10.3 Å². The summed E-state index contributed by atoms with van der Waals surface area (Å²) >= 11 is 0. The molecule has 2 aliphatic heterocycles. The first-order chi connectivity index (χ1) is 12.2. The maximum atomic E-state index is 12.9. The number of carbonyl (C=O) groups excluding carboxylic acids is 2. The standard InChI is InChI=1S/C19H21N3O3/c23-17-13-15-6-5-14-3-1-2-4-16(14)18(15)19(24)22(17)20-7-8-21-9-11-25-12-10-21/h1-6,20H,7-13H2. The lowest BCUT2D eigenvalue weighted by Gasteiger charge is -2.30.